The number of nitrogens with one attached hydrogen (secondary N) is 2. The predicted molar refractivity (Wildman–Crippen MR) is 78.4 cm³/mol. The van der Waals surface area contributed by atoms with Gasteiger partial charge in [0.25, 0.3) is 0 Å². The molecule has 1 aromatic heterocycles. The van der Waals surface area contributed by atoms with Crippen LogP contribution in [-0.2, 0) is 4.79 Å². The zero-order valence-corrected chi connectivity index (χ0v) is 12.2. The molecule has 6 nitrogen and oxygen atoms in total. The topological polar surface area (TPSA) is 70.2 Å². The van der Waals surface area contributed by atoms with Crippen molar-refractivity contribution in [2.24, 2.45) is 0 Å². The van der Waals surface area contributed by atoms with Crippen LogP contribution >= 0.6 is 0 Å². The molecule has 2 N–H and O–H groups in total. The molecule has 0 aliphatic carbocycles. The lowest BCUT2D eigenvalue weighted by Gasteiger charge is -2.39. The highest BCUT2D eigenvalue weighted by Crippen LogP contribution is 2.12. The Bertz CT molecular complexity index is 425. The van der Waals surface area contributed by atoms with Crippen LogP contribution < -0.4 is 10.6 Å². The molecule has 1 fully saturated rings. The zero-order valence-electron chi connectivity index (χ0n) is 12.2. The molecule has 2 atom stereocenters. The maximum Gasteiger partial charge on any atom is 0.240 e. The molecular weight excluding hydrogens is 254 g/mol. The smallest absolute Gasteiger partial charge is 0.240 e. The van der Waals surface area contributed by atoms with Gasteiger partial charge in [-0.3, -0.25) is 15.0 Å². The third-order valence-electron chi connectivity index (χ3n) is 3.74. The molecule has 20 heavy (non-hydrogen) atoms. The van der Waals surface area contributed by atoms with Gasteiger partial charge in [-0.15, -0.1) is 0 Å². The Morgan fingerprint density at radius 3 is 2.80 bits per heavy atom. The summed E-state index contributed by atoms with van der Waals surface area (Å²) in [5.74, 6) is 0.319. The first-order valence-electron chi connectivity index (χ1n) is 7.27. The van der Waals surface area contributed by atoms with Crippen LogP contribution in [0.4, 0.5) is 5.95 Å². The van der Waals surface area contributed by atoms with Crippen molar-refractivity contribution in [3.63, 3.8) is 0 Å². The fourth-order valence-corrected chi connectivity index (χ4v) is 2.51. The molecule has 1 aliphatic rings. The zero-order chi connectivity index (χ0) is 14.4. The number of aromatic nitrogens is 2. The van der Waals surface area contributed by atoms with Gasteiger partial charge in [0.05, 0.1) is 6.54 Å². The number of rotatable bonds is 5. The first-order chi connectivity index (χ1) is 9.72. The van der Waals surface area contributed by atoms with E-state index in [1.54, 1.807) is 18.5 Å². The SMILES string of the molecule is CCC1CN(CC(=O)Nc2ncccn2)C(CC)CN1. The van der Waals surface area contributed by atoms with Crippen molar-refractivity contribution in [3.8, 4) is 0 Å². The number of hydrogen-bond donors (Lipinski definition) is 2. The lowest BCUT2D eigenvalue weighted by Crippen LogP contribution is -2.57. The maximum absolute atomic E-state index is 12.1. The molecule has 2 unspecified atom stereocenters. The minimum atomic E-state index is -0.0496. The Kier molecular flexibility index (Phi) is 5.43. The average Bonchev–Trinajstić information content (AvgIpc) is 2.48. The fourth-order valence-electron chi connectivity index (χ4n) is 2.51. The number of carbonyl (C=O) groups excluding carboxylic acids is 1. The van der Waals surface area contributed by atoms with Crippen molar-refractivity contribution < 1.29 is 4.79 Å². The number of hydrogen-bond acceptors (Lipinski definition) is 5. The number of anilines is 1. The lowest BCUT2D eigenvalue weighted by atomic mass is 10.1. The van der Waals surface area contributed by atoms with E-state index in [1.165, 1.54) is 0 Å². The summed E-state index contributed by atoms with van der Waals surface area (Å²) in [7, 11) is 0. The van der Waals surface area contributed by atoms with Gasteiger partial charge < -0.3 is 5.32 Å². The largest absolute Gasteiger partial charge is 0.311 e. The van der Waals surface area contributed by atoms with Gasteiger partial charge in [0.1, 0.15) is 0 Å². The van der Waals surface area contributed by atoms with Gasteiger partial charge in [0.2, 0.25) is 11.9 Å². The van der Waals surface area contributed by atoms with E-state index in [0.29, 0.717) is 24.6 Å². The van der Waals surface area contributed by atoms with Crippen LogP contribution in [0.15, 0.2) is 18.5 Å². The average molecular weight is 277 g/mol. The summed E-state index contributed by atoms with van der Waals surface area (Å²) >= 11 is 0. The quantitative estimate of drug-likeness (QED) is 0.836. The van der Waals surface area contributed by atoms with Crippen molar-refractivity contribution in [1.29, 1.82) is 0 Å². The summed E-state index contributed by atoms with van der Waals surface area (Å²) < 4.78 is 0. The lowest BCUT2D eigenvalue weighted by molar-refractivity contribution is -0.118. The van der Waals surface area contributed by atoms with Gasteiger partial charge in [-0.1, -0.05) is 13.8 Å². The highest BCUT2D eigenvalue weighted by Gasteiger charge is 2.27. The third-order valence-corrected chi connectivity index (χ3v) is 3.74. The van der Waals surface area contributed by atoms with E-state index < -0.39 is 0 Å². The Morgan fingerprint density at radius 2 is 2.15 bits per heavy atom. The standard InChI is InChI=1S/C14H23N5O/c1-3-11-9-19(12(4-2)8-17-11)10-13(20)18-14-15-6-5-7-16-14/h5-7,11-12,17H,3-4,8-10H2,1-2H3,(H,15,16,18,20). The van der Waals surface area contributed by atoms with Crippen LogP contribution in [0, 0.1) is 0 Å². The first kappa shape index (κ1) is 14.9. The van der Waals surface area contributed by atoms with E-state index in [9.17, 15) is 4.79 Å². The second-order valence-electron chi connectivity index (χ2n) is 5.13. The van der Waals surface area contributed by atoms with Crippen LogP contribution in [0.2, 0.25) is 0 Å². The summed E-state index contributed by atoms with van der Waals surface area (Å²) in [4.78, 5) is 22.4. The van der Waals surface area contributed by atoms with Gasteiger partial charge in [-0.2, -0.15) is 0 Å². The van der Waals surface area contributed by atoms with Gasteiger partial charge >= 0.3 is 0 Å². The second-order valence-corrected chi connectivity index (χ2v) is 5.13. The van der Waals surface area contributed by atoms with Crippen molar-refractivity contribution in [2.45, 2.75) is 38.8 Å². The molecule has 1 saturated heterocycles. The summed E-state index contributed by atoms with van der Waals surface area (Å²) in [6, 6.07) is 2.61. The first-order valence-corrected chi connectivity index (χ1v) is 7.27. The molecule has 0 spiro atoms. The van der Waals surface area contributed by atoms with E-state index in [4.69, 9.17) is 0 Å². The van der Waals surface area contributed by atoms with Crippen molar-refractivity contribution in [3.05, 3.63) is 18.5 Å². The Hall–Kier alpha value is -1.53. The predicted octanol–water partition coefficient (Wildman–Crippen LogP) is 0.877. The van der Waals surface area contributed by atoms with Crippen molar-refractivity contribution in [2.75, 3.05) is 25.0 Å². The van der Waals surface area contributed by atoms with E-state index in [0.717, 1.165) is 25.9 Å². The number of carbonyl (C=O) groups is 1. The summed E-state index contributed by atoms with van der Waals surface area (Å²) in [5, 5.41) is 6.27. The van der Waals surface area contributed by atoms with Gasteiger partial charge in [0.15, 0.2) is 0 Å². The highest BCUT2D eigenvalue weighted by atomic mass is 16.2. The molecule has 2 rings (SSSR count). The van der Waals surface area contributed by atoms with Crippen LogP contribution in [0.1, 0.15) is 26.7 Å². The summed E-state index contributed by atoms with van der Waals surface area (Å²) in [5.41, 5.74) is 0. The molecule has 1 amide bonds. The monoisotopic (exact) mass is 277 g/mol. The highest BCUT2D eigenvalue weighted by molar-refractivity contribution is 5.90. The van der Waals surface area contributed by atoms with Crippen LogP contribution in [0.3, 0.4) is 0 Å². The Morgan fingerprint density at radius 1 is 1.40 bits per heavy atom. The molecule has 1 aromatic rings. The second kappa shape index (κ2) is 7.31. The van der Waals surface area contributed by atoms with E-state index >= 15 is 0 Å². The van der Waals surface area contributed by atoms with Gasteiger partial charge in [-0.05, 0) is 18.9 Å². The number of amides is 1. The van der Waals surface area contributed by atoms with Crippen molar-refractivity contribution >= 4 is 11.9 Å². The molecule has 6 heteroatoms. The molecule has 0 saturated carbocycles. The summed E-state index contributed by atoms with van der Waals surface area (Å²) in [6.07, 6.45) is 5.36. The molecular formula is C14H23N5O. The van der Waals surface area contributed by atoms with Crippen LogP contribution in [-0.4, -0.2) is 52.5 Å². The van der Waals surface area contributed by atoms with Crippen molar-refractivity contribution in [1.82, 2.24) is 20.2 Å². The Labute approximate surface area is 120 Å². The number of nitrogens with zero attached hydrogens (tertiary/aromatic N) is 3. The molecule has 2 heterocycles. The molecule has 0 radical (unpaired) electrons. The number of piperazine rings is 1. The minimum Gasteiger partial charge on any atom is -0.311 e. The Balaban J connectivity index is 1.90. The molecule has 110 valence electrons. The molecule has 0 bridgehead atoms. The normalized spacial score (nSPS) is 23.5. The van der Waals surface area contributed by atoms with E-state index in [-0.39, 0.29) is 5.91 Å². The van der Waals surface area contributed by atoms with Gasteiger partial charge in [-0.25, -0.2) is 9.97 Å². The maximum atomic E-state index is 12.1. The van der Waals surface area contributed by atoms with Crippen LogP contribution in [0.5, 0.6) is 0 Å². The minimum absolute atomic E-state index is 0.0496. The van der Waals surface area contributed by atoms with Gasteiger partial charge in [0, 0.05) is 37.6 Å². The summed E-state index contributed by atoms with van der Waals surface area (Å²) in [6.45, 7) is 6.58. The molecule has 1 aliphatic heterocycles. The fraction of sp³-hybridized carbons (Fsp3) is 0.643. The van der Waals surface area contributed by atoms with E-state index in [1.807, 2.05) is 0 Å². The van der Waals surface area contributed by atoms with E-state index in [2.05, 4.69) is 39.3 Å². The molecule has 0 aromatic carbocycles. The van der Waals surface area contributed by atoms with Crippen LogP contribution in [0.25, 0.3) is 0 Å². The third kappa shape index (κ3) is 3.98.